The molecular formula is C16H13N5O2S. The monoisotopic (exact) mass is 339 g/mol. The zero-order valence-corrected chi connectivity index (χ0v) is 13.8. The number of H-pyrrole nitrogens is 1. The minimum atomic E-state index is -0.471. The number of hydrogen-bond donors (Lipinski definition) is 1. The van der Waals surface area contributed by atoms with E-state index in [0.717, 1.165) is 5.56 Å². The van der Waals surface area contributed by atoms with Crippen molar-refractivity contribution < 1.29 is 9.53 Å². The van der Waals surface area contributed by atoms with Crippen molar-refractivity contribution in [3.05, 3.63) is 52.3 Å². The molecule has 1 aromatic carbocycles. The van der Waals surface area contributed by atoms with Crippen molar-refractivity contribution in [1.82, 2.24) is 20.2 Å². The summed E-state index contributed by atoms with van der Waals surface area (Å²) in [6.07, 6.45) is 0.912. The number of rotatable bonds is 4. The van der Waals surface area contributed by atoms with E-state index in [4.69, 9.17) is 10.00 Å². The zero-order chi connectivity index (χ0) is 17.1. The summed E-state index contributed by atoms with van der Waals surface area (Å²) in [5, 5.41) is 16.0. The summed E-state index contributed by atoms with van der Waals surface area (Å²) in [5.41, 5.74) is 1.87. The summed E-state index contributed by atoms with van der Waals surface area (Å²) in [6.45, 7) is 3.51. The van der Waals surface area contributed by atoms with E-state index in [2.05, 4.69) is 26.2 Å². The standard InChI is InChI=1S/C16H13N5O2S/c1-9-13(24-15(20-9)14-18-8-19-21-14)16(22)23-10(2)12-5-3-4-11(6-12)7-17/h3-6,8,10H,1-2H3,(H,18,19,21). The van der Waals surface area contributed by atoms with Gasteiger partial charge in [-0.3, -0.25) is 5.10 Å². The number of esters is 1. The molecule has 2 aromatic heterocycles. The fraction of sp³-hybridized carbons (Fsp3) is 0.188. The number of benzene rings is 1. The van der Waals surface area contributed by atoms with Gasteiger partial charge in [-0.1, -0.05) is 12.1 Å². The molecule has 24 heavy (non-hydrogen) atoms. The van der Waals surface area contributed by atoms with Crippen molar-refractivity contribution in [2.45, 2.75) is 20.0 Å². The number of nitrogens with zero attached hydrogens (tertiary/aromatic N) is 4. The Morgan fingerprint density at radius 3 is 3.00 bits per heavy atom. The third kappa shape index (κ3) is 3.16. The first-order chi connectivity index (χ1) is 11.6. The Balaban J connectivity index is 1.78. The van der Waals surface area contributed by atoms with Gasteiger partial charge in [0.05, 0.1) is 17.3 Å². The van der Waals surface area contributed by atoms with Gasteiger partial charge in [-0.2, -0.15) is 10.4 Å². The van der Waals surface area contributed by atoms with Gasteiger partial charge in [-0.25, -0.2) is 14.8 Å². The molecule has 0 aliphatic heterocycles. The summed E-state index contributed by atoms with van der Waals surface area (Å²) in [5.74, 6) is 0.0579. The second kappa shape index (κ2) is 6.60. The van der Waals surface area contributed by atoms with Crippen molar-refractivity contribution in [2.75, 3.05) is 0 Å². The highest BCUT2D eigenvalue weighted by Gasteiger charge is 2.21. The van der Waals surface area contributed by atoms with Crippen LogP contribution in [0.4, 0.5) is 0 Å². The maximum atomic E-state index is 12.4. The first-order valence-corrected chi connectivity index (χ1v) is 7.94. The predicted molar refractivity (Wildman–Crippen MR) is 87.2 cm³/mol. The van der Waals surface area contributed by atoms with Crippen molar-refractivity contribution in [3.63, 3.8) is 0 Å². The highest BCUT2D eigenvalue weighted by Crippen LogP contribution is 2.27. The van der Waals surface area contributed by atoms with Gasteiger partial charge < -0.3 is 4.74 Å². The Kier molecular flexibility index (Phi) is 4.35. The molecule has 0 saturated carbocycles. The van der Waals surface area contributed by atoms with Crippen LogP contribution in [0.1, 0.15) is 39.5 Å². The second-order valence-corrected chi connectivity index (χ2v) is 6.05. The molecule has 0 amide bonds. The molecule has 3 aromatic rings. The topological polar surface area (TPSA) is 105 Å². The van der Waals surface area contributed by atoms with Gasteiger partial charge in [0.1, 0.15) is 17.3 Å². The van der Waals surface area contributed by atoms with Gasteiger partial charge >= 0.3 is 5.97 Å². The molecule has 1 unspecified atom stereocenters. The summed E-state index contributed by atoms with van der Waals surface area (Å²) in [6, 6.07) is 9.06. The Morgan fingerprint density at radius 1 is 1.46 bits per heavy atom. The molecule has 3 rings (SSSR count). The van der Waals surface area contributed by atoms with Gasteiger partial charge in [-0.05, 0) is 31.5 Å². The Labute approximate surface area is 142 Å². The van der Waals surface area contributed by atoms with Gasteiger partial charge in [0.2, 0.25) is 0 Å². The molecule has 2 heterocycles. The van der Waals surface area contributed by atoms with E-state index < -0.39 is 12.1 Å². The molecule has 0 aliphatic carbocycles. The highest BCUT2D eigenvalue weighted by molar-refractivity contribution is 7.16. The summed E-state index contributed by atoms with van der Waals surface area (Å²) in [4.78, 5) is 21.2. The quantitative estimate of drug-likeness (QED) is 0.733. The minimum absolute atomic E-state index is 0.421. The van der Waals surface area contributed by atoms with Crippen LogP contribution in [0, 0.1) is 18.3 Å². The average Bonchev–Trinajstić information content (AvgIpc) is 3.24. The number of carbonyl (C=O) groups is 1. The molecule has 120 valence electrons. The molecular weight excluding hydrogens is 326 g/mol. The molecule has 0 aliphatic rings. The van der Waals surface area contributed by atoms with Crippen LogP contribution in [0.5, 0.6) is 0 Å². The van der Waals surface area contributed by atoms with Gasteiger partial charge in [-0.15, -0.1) is 11.3 Å². The maximum absolute atomic E-state index is 12.4. The van der Waals surface area contributed by atoms with Gasteiger partial charge in [0.15, 0.2) is 10.8 Å². The highest BCUT2D eigenvalue weighted by atomic mass is 32.1. The first-order valence-electron chi connectivity index (χ1n) is 7.12. The average molecular weight is 339 g/mol. The third-order valence-electron chi connectivity index (χ3n) is 3.37. The van der Waals surface area contributed by atoms with Crippen LogP contribution in [0.3, 0.4) is 0 Å². The summed E-state index contributed by atoms with van der Waals surface area (Å²) in [7, 11) is 0. The van der Waals surface area contributed by atoms with Crippen LogP contribution in [-0.2, 0) is 4.74 Å². The number of nitrogens with one attached hydrogen (secondary N) is 1. The lowest BCUT2D eigenvalue weighted by Crippen LogP contribution is -2.09. The molecule has 0 saturated heterocycles. The van der Waals surface area contributed by atoms with E-state index in [1.54, 1.807) is 32.0 Å². The Hall–Kier alpha value is -3.05. The summed E-state index contributed by atoms with van der Waals surface area (Å²) < 4.78 is 5.51. The number of carbonyl (C=O) groups excluding carboxylic acids is 1. The van der Waals surface area contributed by atoms with Crippen molar-refractivity contribution in [1.29, 1.82) is 5.26 Å². The van der Waals surface area contributed by atoms with Crippen LogP contribution < -0.4 is 0 Å². The number of thiazole rings is 1. The van der Waals surface area contributed by atoms with Gasteiger partial charge in [0.25, 0.3) is 0 Å². The number of nitriles is 1. The van der Waals surface area contributed by atoms with E-state index in [9.17, 15) is 4.79 Å². The number of ether oxygens (including phenoxy) is 1. The number of aryl methyl sites for hydroxylation is 1. The lowest BCUT2D eigenvalue weighted by atomic mass is 10.1. The SMILES string of the molecule is Cc1nc(-c2ncn[nH]2)sc1C(=O)OC(C)c1cccc(C#N)c1. The molecule has 0 bridgehead atoms. The van der Waals surface area contributed by atoms with Gasteiger partial charge in [0, 0.05) is 0 Å². The maximum Gasteiger partial charge on any atom is 0.350 e. The summed E-state index contributed by atoms with van der Waals surface area (Å²) >= 11 is 1.20. The normalized spacial score (nSPS) is 11.7. The van der Waals surface area contributed by atoms with Crippen molar-refractivity contribution >= 4 is 17.3 Å². The number of aromatic nitrogens is 4. The second-order valence-electron chi connectivity index (χ2n) is 5.05. The molecule has 1 atom stereocenters. The zero-order valence-electron chi connectivity index (χ0n) is 13.0. The van der Waals surface area contributed by atoms with Crippen LogP contribution in [-0.4, -0.2) is 26.1 Å². The molecule has 0 radical (unpaired) electrons. The van der Waals surface area contributed by atoms with Crippen LogP contribution >= 0.6 is 11.3 Å². The van der Waals surface area contributed by atoms with E-state index in [-0.39, 0.29) is 0 Å². The van der Waals surface area contributed by atoms with Crippen LogP contribution in [0.25, 0.3) is 10.8 Å². The molecule has 7 nitrogen and oxygen atoms in total. The van der Waals surface area contributed by atoms with E-state index >= 15 is 0 Å². The van der Waals surface area contributed by atoms with Crippen molar-refractivity contribution in [3.8, 4) is 16.9 Å². The smallest absolute Gasteiger partial charge is 0.350 e. The molecule has 8 heteroatoms. The Bertz CT molecular complexity index is 911. The largest absolute Gasteiger partial charge is 0.454 e. The number of hydrogen-bond acceptors (Lipinski definition) is 7. The lowest BCUT2D eigenvalue weighted by Gasteiger charge is -2.13. The predicted octanol–water partition coefficient (Wildman–Crippen LogP) is 3.03. The van der Waals surface area contributed by atoms with E-state index in [1.807, 2.05) is 6.07 Å². The van der Waals surface area contributed by atoms with Crippen LogP contribution in [0.15, 0.2) is 30.6 Å². The lowest BCUT2D eigenvalue weighted by molar-refractivity contribution is 0.0342. The minimum Gasteiger partial charge on any atom is -0.454 e. The van der Waals surface area contributed by atoms with Crippen molar-refractivity contribution in [2.24, 2.45) is 0 Å². The fourth-order valence-corrected chi connectivity index (χ4v) is 3.03. The van der Waals surface area contributed by atoms with Crippen LogP contribution in [0.2, 0.25) is 0 Å². The van der Waals surface area contributed by atoms with E-state index in [0.29, 0.717) is 27.0 Å². The van der Waals surface area contributed by atoms with E-state index in [1.165, 1.54) is 17.7 Å². The molecule has 1 N–H and O–H groups in total. The molecule has 0 fully saturated rings. The third-order valence-corrected chi connectivity index (χ3v) is 4.51. The molecule has 0 spiro atoms. The fourth-order valence-electron chi connectivity index (χ4n) is 2.14. The Morgan fingerprint density at radius 2 is 2.29 bits per heavy atom. The first kappa shape index (κ1) is 15.8. The number of aromatic amines is 1.